The average molecular weight is 303 g/mol. The van der Waals surface area contributed by atoms with E-state index in [1.54, 1.807) is 16.0 Å². The zero-order valence-electron chi connectivity index (χ0n) is 12.2. The Morgan fingerprint density at radius 2 is 2.24 bits per heavy atom. The summed E-state index contributed by atoms with van der Waals surface area (Å²) >= 11 is 1.60. The van der Waals surface area contributed by atoms with Gasteiger partial charge in [0.05, 0.1) is 23.2 Å². The van der Waals surface area contributed by atoms with E-state index in [0.29, 0.717) is 12.4 Å². The molecular weight excluding hydrogens is 286 g/mol. The van der Waals surface area contributed by atoms with Crippen molar-refractivity contribution in [1.29, 1.82) is 0 Å². The molecule has 6 nitrogen and oxygen atoms in total. The molecule has 0 aliphatic rings. The molecule has 0 amide bonds. The van der Waals surface area contributed by atoms with Crippen molar-refractivity contribution < 1.29 is 4.42 Å². The summed E-state index contributed by atoms with van der Waals surface area (Å²) < 4.78 is 7.45. The van der Waals surface area contributed by atoms with E-state index < -0.39 is 5.54 Å². The Balaban J connectivity index is 1.84. The van der Waals surface area contributed by atoms with Crippen molar-refractivity contribution in [3.63, 3.8) is 0 Å². The molecule has 21 heavy (non-hydrogen) atoms. The second kappa shape index (κ2) is 5.09. The Kier molecular flexibility index (Phi) is 3.38. The van der Waals surface area contributed by atoms with Gasteiger partial charge in [-0.1, -0.05) is 11.3 Å². The number of oxazole rings is 1. The SMILES string of the molecule is Cc1oc(-c2cccs2)nc1Cn1cc(C(C)(C)N)nn1. The standard InChI is InChI=1S/C14H17N5OS/c1-9-10(16-13(20-9)11-5-4-6-21-11)7-19-8-12(17-18-19)14(2,3)15/h4-6,8H,7,15H2,1-3H3. The zero-order valence-corrected chi connectivity index (χ0v) is 13.0. The third-order valence-corrected chi connectivity index (χ3v) is 3.99. The Hall–Kier alpha value is -1.99. The lowest BCUT2D eigenvalue weighted by molar-refractivity contribution is 0.533. The van der Waals surface area contributed by atoms with Gasteiger partial charge in [-0.2, -0.15) is 0 Å². The second-order valence-electron chi connectivity index (χ2n) is 5.52. The van der Waals surface area contributed by atoms with Gasteiger partial charge in [-0.3, -0.25) is 0 Å². The van der Waals surface area contributed by atoms with E-state index in [1.807, 2.05) is 44.5 Å². The van der Waals surface area contributed by atoms with E-state index in [-0.39, 0.29) is 0 Å². The van der Waals surface area contributed by atoms with Gasteiger partial charge in [0.25, 0.3) is 0 Å². The van der Waals surface area contributed by atoms with Gasteiger partial charge < -0.3 is 10.2 Å². The van der Waals surface area contributed by atoms with Gasteiger partial charge in [-0.25, -0.2) is 9.67 Å². The van der Waals surface area contributed by atoms with Crippen LogP contribution >= 0.6 is 11.3 Å². The molecule has 3 aromatic heterocycles. The molecular formula is C14H17N5OS. The fourth-order valence-corrected chi connectivity index (χ4v) is 2.55. The van der Waals surface area contributed by atoms with Crippen molar-refractivity contribution in [2.24, 2.45) is 5.73 Å². The highest BCUT2D eigenvalue weighted by molar-refractivity contribution is 7.13. The minimum atomic E-state index is -0.501. The van der Waals surface area contributed by atoms with E-state index in [2.05, 4.69) is 15.3 Å². The molecule has 0 aliphatic carbocycles. The molecule has 0 saturated heterocycles. The minimum absolute atomic E-state index is 0.501. The number of aromatic nitrogens is 4. The highest BCUT2D eigenvalue weighted by Crippen LogP contribution is 2.26. The predicted octanol–water partition coefficient (Wildman–Crippen LogP) is 2.55. The lowest BCUT2D eigenvalue weighted by atomic mass is 10.0. The van der Waals surface area contributed by atoms with Crippen LogP contribution in [0.25, 0.3) is 10.8 Å². The number of thiophene rings is 1. The molecule has 110 valence electrons. The normalized spacial score (nSPS) is 12.0. The molecule has 0 unspecified atom stereocenters. The monoisotopic (exact) mass is 303 g/mol. The van der Waals surface area contributed by atoms with Gasteiger partial charge in [0.15, 0.2) is 0 Å². The molecule has 3 heterocycles. The van der Waals surface area contributed by atoms with Crippen molar-refractivity contribution in [3.05, 3.63) is 40.9 Å². The first kappa shape index (κ1) is 14.0. The lowest BCUT2D eigenvalue weighted by Gasteiger charge is -2.13. The molecule has 3 rings (SSSR count). The fourth-order valence-electron chi connectivity index (χ4n) is 1.90. The smallest absolute Gasteiger partial charge is 0.236 e. The van der Waals surface area contributed by atoms with Crippen LogP contribution in [0.3, 0.4) is 0 Å². The molecule has 0 bridgehead atoms. The number of nitrogens with two attached hydrogens (primary N) is 1. The zero-order chi connectivity index (χ0) is 15.0. The van der Waals surface area contributed by atoms with Crippen molar-refractivity contribution in [2.75, 3.05) is 0 Å². The molecule has 0 saturated carbocycles. The summed E-state index contributed by atoms with van der Waals surface area (Å²) in [6, 6.07) is 3.97. The first-order chi connectivity index (χ1) is 9.93. The van der Waals surface area contributed by atoms with Crippen LogP contribution < -0.4 is 5.73 Å². The molecule has 2 N–H and O–H groups in total. The summed E-state index contributed by atoms with van der Waals surface area (Å²) in [6.45, 7) is 6.23. The Bertz CT molecular complexity index is 736. The van der Waals surface area contributed by atoms with Gasteiger partial charge in [-0.05, 0) is 32.2 Å². The van der Waals surface area contributed by atoms with Gasteiger partial charge in [0.2, 0.25) is 5.89 Å². The maximum Gasteiger partial charge on any atom is 0.236 e. The highest BCUT2D eigenvalue weighted by atomic mass is 32.1. The fraction of sp³-hybridized carbons (Fsp3) is 0.357. The summed E-state index contributed by atoms with van der Waals surface area (Å²) in [6.07, 6.45) is 1.85. The van der Waals surface area contributed by atoms with Crippen LogP contribution in [0.2, 0.25) is 0 Å². The van der Waals surface area contributed by atoms with Gasteiger partial charge in [0, 0.05) is 0 Å². The average Bonchev–Trinajstić information content (AvgIpc) is 3.10. The molecule has 0 fully saturated rings. The lowest BCUT2D eigenvalue weighted by Crippen LogP contribution is -2.29. The van der Waals surface area contributed by atoms with E-state index >= 15 is 0 Å². The first-order valence-corrected chi connectivity index (χ1v) is 7.51. The number of nitrogens with zero attached hydrogens (tertiary/aromatic N) is 4. The summed E-state index contributed by atoms with van der Waals surface area (Å²) in [5.41, 5.74) is 7.12. The molecule has 0 radical (unpaired) electrons. The molecule has 0 atom stereocenters. The van der Waals surface area contributed by atoms with Crippen molar-refractivity contribution >= 4 is 11.3 Å². The Morgan fingerprint density at radius 1 is 1.43 bits per heavy atom. The minimum Gasteiger partial charge on any atom is -0.440 e. The van der Waals surface area contributed by atoms with E-state index in [1.165, 1.54) is 0 Å². The quantitative estimate of drug-likeness (QED) is 0.801. The molecule has 7 heteroatoms. The highest BCUT2D eigenvalue weighted by Gasteiger charge is 2.19. The first-order valence-electron chi connectivity index (χ1n) is 6.63. The second-order valence-corrected chi connectivity index (χ2v) is 6.47. The van der Waals surface area contributed by atoms with Gasteiger partial charge in [0.1, 0.15) is 17.1 Å². The number of rotatable bonds is 4. The maximum absolute atomic E-state index is 6.01. The predicted molar refractivity (Wildman–Crippen MR) is 80.9 cm³/mol. The maximum atomic E-state index is 6.01. The third-order valence-electron chi connectivity index (χ3n) is 3.14. The van der Waals surface area contributed by atoms with Crippen LogP contribution in [-0.4, -0.2) is 20.0 Å². The van der Waals surface area contributed by atoms with Gasteiger partial charge >= 0.3 is 0 Å². The Morgan fingerprint density at radius 3 is 2.86 bits per heavy atom. The largest absolute Gasteiger partial charge is 0.440 e. The van der Waals surface area contributed by atoms with Crippen LogP contribution in [0.4, 0.5) is 0 Å². The topological polar surface area (TPSA) is 82.8 Å². The van der Waals surface area contributed by atoms with Crippen LogP contribution in [0.1, 0.15) is 31.0 Å². The summed E-state index contributed by atoms with van der Waals surface area (Å²) in [7, 11) is 0. The van der Waals surface area contributed by atoms with Gasteiger partial charge in [-0.15, -0.1) is 16.4 Å². The molecule has 0 aromatic carbocycles. The van der Waals surface area contributed by atoms with Crippen LogP contribution in [0, 0.1) is 6.92 Å². The Labute approximate surface area is 126 Å². The van der Waals surface area contributed by atoms with Crippen molar-refractivity contribution in [1.82, 2.24) is 20.0 Å². The summed E-state index contributed by atoms with van der Waals surface area (Å²) in [4.78, 5) is 5.56. The third kappa shape index (κ3) is 2.88. The number of hydrogen-bond acceptors (Lipinski definition) is 6. The molecule has 0 spiro atoms. The van der Waals surface area contributed by atoms with Crippen LogP contribution in [-0.2, 0) is 12.1 Å². The number of aryl methyl sites for hydroxylation is 1. The summed E-state index contributed by atoms with van der Waals surface area (Å²) in [5, 5.41) is 10.2. The molecule has 3 aromatic rings. The van der Waals surface area contributed by atoms with Crippen LogP contribution in [0.15, 0.2) is 28.1 Å². The van der Waals surface area contributed by atoms with E-state index in [0.717, 1.165) is 22.0 Å². The van der Waals surface area contributed by atoms with Crippen LogP contribution in [0.5, 0.6) is 0 Å². The van der Waals surface area contributed by atoms with E-state index in [9.17, 15) is 0 Å². The number of hydrogen-bond donors (Lipinski definition) is 1. The van der Waals surface area contributed by atoms with Crippen molar-refractivity contribution in [3.8, 4) is 10.8 Å². The molecule has 0 aliphatic heterocycles. The van der Waals surface area contributed by atoms with E-state index in [4.69, 9.17) is 10.2 Å². The summed E-state index contributed by atoms with van der Waals surface area (Å²) in [5.74, 6) is 1.44. The van der Waals surface area contributed by atoms with Crippen molar-refractivity contribution in [2.45, 2.75) is 32.9 Å².